The van der Waals surface area contributed by atoms with Crippen LogP contribution in [0.25, 0.3) is 11.2 Å². The molecule has 31 heavy (non-hydrogen) atoms. The Morgan fingerprint density at radius 3 is 2.94 bits per heavy atom. The largest absolute Gasteiger partial charge is 0.389 e. The Balaban J connectivity index is 1.49. The van der Waals surface area contributed by atoms with Crippen LogP contribution >= 0.6 is 34.2 Å². The van der Waals surface area contributed by atoms with E-state index in [2.05, 4.69) is 54.2 Å². The lowest BCUT2D eigenvalue weighted by molar-refractivity contribution is -0.132. The highest BCUT2D eigenvalue weighted by atomic mass is 127. The van der Waals surface area contributed by atoms with E-state index in [1.54, 1.807) is 10.9 Å². The zero-order valence-corrected chi connectivity index (χ0v) is 19.4. The Kier molecular flexibility index (Phi) is 5.07. The van der Waals surface area contributed by atoms with Gasteiger partial charge in [-0.2, -0.15) is 9.97 Å². The van der Waals surface area contributed by atoms with Gasteiger partial charge in [-0.05, 0) is 58.3 Å². The van der Waals surface area contributed by atoms with E-state index >= 15 is 0 Å². The summed E-state index contributed by atoms with van der Waals surface area (Å²) in [5.74, 6) is 0.00359. The Morgan fingerprint density at radius 1 is 1.39 bits per heavy atom. The first-order valence-corrected chi connectivity index (χ1v) is 11.3. The van der Waals surface area contributed by atoms with Gasteiger partial charge in [-0.1, -0.05) is 12.1 Å². The number of nitrogens with one attached hydrogen (secondary N) is 2. The van der Waals surface area contributed by atoms with Crippen molar-refractivity contribution in [2.75, 3.05) is 12.4 Å². The molecule has 5 rings (SSSR count). The summed E-state index contributed by atoms with van der Waals surface area (Å²) in [5, 5.41) is 27.3. The number of aliphatic hydroxyl groups excluding tert-OH is 2. The number of halogens is 2. The number of nitrogens with zero attached hydrogens (tertiary/aromatic N) is 4. The molecule has 0 bridgehead atoms. The van der Waals surface area contributed by atoms with Gasteiger partial charge >= 0.3 is 0 Å². The number of fused-ring (bicyclic) bond motifs is 2. The number of carbonyl (C=O) groups excluding carboxylic acids is 1. The Labute approximate surface area is 196 Å². The van der Waals surface area contributed by atoms with Gasteiger partial charge in [0.1, 0.15) is 6.10 Å². The normalized spacial score (nSPS) is 29.1. The molecule has 9 nitrogen and oxygen atoms in total. The van der Waals surface area contributed by atoms with Crippen molar-refractivity contribution in [1.82, 2.24) is 24.8 Å². The number of carbonyl (C=O) groups is 1. The van der Waals surface area contributed by atoms with Crippen LogP contribution in [-0.2, 0) is 11.3 Å². The summed E-state index contributed by atoms with van der Waals surface area (Å²) in [5.41, 5.74) is 1.06. The third-order valence-corrected chi connectivity index (χ3v) is 7.23. The molecule has 0 aliphatic heterocycles. The van der Waals surface area contributed by atoms with Crippen LogP contribution in [0, 0.1) is 14.9 Å². The number of aromatic nitrogens is 4. The number of benzene rings is 1. The average molecular weight is 555 g/mol. The fourth-order valence-electron chi connectivity index (χ4n) is 4.85. The van der Waals surface area contributed by atoms with E-state index in [9.17, 15) is 15.0 Å². The van der Waals surface area contributed by atoms with Gasteiger partial charge < -0.3 is 25.4 Å². The fraction of sp³-hybridized carbons (Fsp3) is 0.400. The second kappa shape index (κ2) is 7.54. The van der Waals surface area contributed by atoms with Crippen LogP contribution in [-0.4, -0.2) is 54.9 Å². The molecule has 3 aromatic rings. The van der Waals surface area contributed by atoms with Gasteiger partial charge in [-0.3, -0.25) is 4.79 Å². The van der Waals surface area contributed by atoms with Gasteiger partial charge in [0, 0.05) is 23.1 Å². The SMILES string of the molecule is CNC(=O)[C@@]12CC1[C@@H](n1cnc3c(NCc4cccc(I)c4)nc(Cl)nc31)[C@H](O)[C@@H]2O. The fourth-order valence-corrected chi connectivity index (χ4v) is 5.62. The standard InChI is InChI=1S/C20H20ClIN6O3/c1-23-18(31)20-6-11(20)13(14(29)15(20)30)28-8-25-12-16(26-19(21)27-17(12)28)24-7-9-3-2-4-10(22)5-9/h2-5,8,11,13-15,29-30H,6-7H2,1H3,(H,23,31)(H,24,26,27)/t11?,13-,14+,15+,20+/m1/s1. The van der Waals surface area contributed by atoms with E-state index in [-0.39, 0.29) is 17.1 Å². The maximum Gasteiger partial charge on any atom is 0.229 e. The van der Waals surface area contributed by atoms with E-state index in [0.29, 0.717) is 29.9 Å². The van der Waals surface area contributed by atoms with Crippen LogP contribution < -0.4 is 10.6 Å². The summed E-state index contributed by atoms with van der Waals surface area (Å²) in [7, 11) is 1.53. The summed E-state index contributed by atoms with van der Waals surface area (Å²) in [4.78, 5) is 25.5. The van der Waals surface area contributed by atoms with E-state index in [4.69, 9.17) is 11.6 Å². The lowest BCUT2D eigenvalue weighted by Crippen LogP contribution is -2.41. The van der Waals surface area contributed by atoms with Gasteiger partial charge in [0.15, 0.2) is 17.0 Å². The Bertz CT molecular complexity index is 1190. The van der Waals surface area contributed by atoms with Crippen LogP contribution in [0.3, 0.4) is 0 Å². The third kappa shape index (κ3) is 3.19. The minimum Gasteiger partial charge on any atom is -0.389 e. The highest BCUT2D eigenvalue weighted by Gasteiger charge is 2.75. The number of rotatable bonds is 5. The first kappa shape index (κ1) is 20.9. The van der Waals surface area contributed by atoms with Gasteiger partial charge in [0.25, 0.3) is 0 Å². The number of aliphatic hydroxyl groups is 2. The van der Waals surface area contributed by atoms with Crippen molar-refractivity contribution in [3.63, 3.8) is 0 Å². The number of amides is 1. The lowest BCUT2D eigenvalue weighted by Gasteiger charge is -2.23. The summed E-state index contributed by atoms with van der Waals surface area (Å²) < 4.78 is 2.83. The van der Waals surface area contributed by atoms with Crippen molar-refractivity contribution in [3.8, 4) is 0 Å². The highest BCUT2D eigenvalue weighted by molar-refractivity contribution is 14.1. The number of hydrogen-bond donors (Lipinski definition) is 4. The molecule has 0 radical (unpaired) electrons. The molecular formula is C20H20ClIN6O3. The Morgan fingerprint density at radius 2 is 2.19 bits per heavy atom. The predicted octanol–water partition coefficient (Wildman–Crippen LogP) is 1.73. The molecular weight excluding hydrogens is 535 g/mol. The summed E-state index contributed by atoms with van der Waals surface area (Å²) in [6.07, 6.45) is -0.225. The number of hydrogen-bond acceptors (Lipinski definition) is 7. The molecule has 5 atom stereocenters. The molecule has 2 aromatic heterocycles. The molecule has 0 saturated heterocycles. The van der Waals surface area contributed by atoms with E-state index in [1.165, 1.54) is 7.05 Å². The Hall–Kier alpha value is -2.02. The van der Waals surface area contributed by atoms with Gasteiger partial charge in [-0.15, -0.1) is 0 Å². The summed E-state index contributed by atoms with van der Waals surface area (Å²) in [6, 6.07) is 7.54. The quantitative estimate of drug-likeness (QED) is 0.280. The molecule has 2 fully saturated rings. The van der Waals surface area contributed by atoms with Crippen molar-refractivity contribution < 1.29 is 15.0 Å². The molecule has 1 amide bonds. The van der Waals surface area contributed by atoms with Crippen molar-refractivity contribution in [1.29, 1.82) is 0 Å². The van der Waals surface area contributed by atoms with E-state index in [0.717, 1.165) is 9.13 Å². The van der Waals surface area contributed by atoms with Crippen molar-refractivity contribution >= 4 is 57.1 Å². The van der Waals surface area contributed by atoms with Crippen molar-refractivity contribution in [3.05, 3.63) is 45.0 Å². The molecule has 4 N–H and O–H groups in total. The van der Waals surface area contributed by atoms with Gasteiger partial charge in [0.2, 0.25) is 11.2 Å². The number of imidazole rings is 1. The van der Waals surface area contributed by atoms with Crippen molar-refractivity contribution in [2.45, 2.75) is 31.2 Å². The topological polar surface area (TPSA) is 125 Å². The molecule has 1 aromatic carbocycles. The second-order valence-electron chi connectivity index (χ2n) is 8.00. The second-order valence-corrected chi connectivity index (χ2v) is 9.59. The molecule has 11 heteroatoms. The molecule has 2 aliphatic rings. The third-order valence-electron chi connectivity index (χ3n) is 6.39. The van der Waals surface area contributed by atoms with Crippen LogP contribution in [0.1, 0.15) is 18.0 Å². The minimum atomic E-state index is -1.16. The molecule has 2 saturated carbocycles. The summed E-state index contributed by atoms with van der Waals surface area (Å²) in [6.45, 7) is 0.527. The first-order chi connectivity index (χ1) is 14.9. The molecule has 1 unspecified atom stereocenters. The summed E-state index contributed by atoms with van der Waals surface area (Å²) >= 11 is 8.46. The van der Waals surface area contributed by atoms with Crippen molar-refractivity contribution in [2.24, 2.45) is 11.3 Å². The molecule has 2 aliphatic carbocycles. The van der Waals surface area contributed by atoms with Crippen LogP contribution in [0.4, 0.5) is 5.82 Å². The smallest absolute Gasteiger partial charge is 0.229 e. The predicted molar refractivity (Wildman–Crippen MR) is 122 cm³/mol. The zero-order chi connectivity index (χ0) is 21.9. The maximum atomic E-state index is 12.4. The average Bonchev–Trinajstić information content (AvgIpc) is 3.29. The minimum absolute atomic E-state index is 0.0424. The van der Waals surface area contributed by atoms with Crippen LogP contribution in [0.2, 0.25) is 5.28 Å². The van der Waals surface area contributed by atoms with E-state index < -0.39 is 23.7 Å². The van der Waals surface area contributed by atoms with Crippen LogP contribution in [0.5, 0.6) is 0 Å². The van der Waals surface area contributed by atoms with Crippen LogP contribution in [0.15, 0.2) is 30.6 Å². The first-order valence-electron chi connectivity index (χ1n) is 9.83. The highest BCUT2D eigenvalue weighted by Crippen LogP contribution is 2.67. The van der Waals surface area contributed by atoms with Gasteiger partial charge in [0.05, 0.1) is 23.9 Å². The van der Waals surface area contributed by atoms with E-state index in [1.807, 2.05) is 18.2 Å². The lowest BCUT2D eigenvalue weighted by atomic mass is 9.98. The molecule has 0 spiro atoms. The maximum absolute atomic E-state index is 12.4. The number of anilines is 1. The van der Waals surface area contributed by atoms with Gasteiger partial charge in [-0.25, -0.2) is 4.98 Å². The molecule has 2 heterocycles. The zero-order valence-electron chi connectivity index (χ0n) is 16.5. The monoisotopic (exact) mass is 554 g/mol. The molecule has 162 valence electrons.